The Balaban J connectivity index is 2.15. The number of aliphatic imine (C=N–C) groups is 1. The molecule has 0 amide bonds. The first-order chi connectivity index (χ1) is 7.32. The first-order valence-corrected chi connectivity index (χ1v) is 5.60. The molecule has 1 fully saturated rings. The lowest BCUT2D eigenvalue weighted by molar-refractivity contribution is 0.00578. The number of rotatable bonds is 1. The van der Waals surface area contributed by atoms with Crippen LogP contribution < -0.4 is 0 Å². The molecular weight excluding hydrogens is 203 g/mol. The van der Waals surface area contributed by atoms with E-state index in [-0.39, 0.29) is 18.3 Å². The van der Waals surface area contributed by atoms with Crippen LogP contribution in [0, 0.1) is 0 Å². The quantitative estimate of drug-likeness (QED) is 0.630. The first kappa shape index (κ1) is 11.7. The number of hydrogen-bond donors (Lipinski definition) is 0. The molecular formula is C11H19BN2O2. The molecule has 2 rings (SSSR count). The minimum atomic E-state index is -0.280. The third kappa shape index (κ3) is 1.89. The summed E-state index contributed by atoms with van der Waals surface area (Å²) in [4.78, 5) is 6.17. The van der Waals surface area contributed by atoms with Gasteiger partial charge in [0, 0.05) is 19.8 Å². The van der Waals surface area contributed by atoms with E-state index in [1.807, 2.05) is 18.1 Å². The summed E-state index contributed by atoms with van der Waals surface area (Å²) in [7, 11) is 1.71. The van der Waals surface area contributed by atoms with E-state index in [0.717, 1.165) is 12.0 Å². The van der Waals surface area contributed by atoms with Gasteiger partial charge >= 0.3 is 7.12 Å². The predicted molar refractivity (Wildman–Crippen MR) is 65.3 cm³/mol. The Morgan fingerprint density at radius 2 is 1.81 bits per heavy atom. The highest BCUT2D eigenvalue weighted by atomic mass is 16.7. The van der Waals surface area contributed by atoms with Gasteiger partial charge in [0.25, 0.3) is 0 Å². The van der Waals surface area contributed by atoms with Crippen molar-refractivity contribution in [2.45, 2.75) is 38.9 Å². The molecule has 0 aromatic carbocycles. The van der Waals surface area contributed by atoms with Crippen LogP contribution in [0.3, 0.4) is 0 Å². The summed E-state index contributed by atoms with van der Waals surface area (Å²) in [6.45, 7) is 9.04. The van der Waals surface area contributed by atoms with Gasteiger partial charge in [-0.1, -0.05) is 0 Å². The summed E-state index contributed by atoms with van der Waals surface area (Å²) in [5.41, 5.74) is 0.514. The Kier molecular flexibility index (Phi) is 2.63. The lowest BCUT2D eigenvalue weighted by atomic mass is 9.78. The van der Waals surface area contributed by atoms with Gasteiger partial charge in [-0.2, -0.15) is 0 Å². The van der Waals surface area contributed by atoms with Gasteiger partial charge < -0.3 is 14.2 Å². The third-order valence-electron chi connectivity index (χ3n) is 3.49. The minimum Gasteiger partial charge on any atom is -0.399 e. The van der Waals surface area contributed by atoms with Gasteiger partial charge in [0.15, 0.2) is 0 Å². The second-order valence-electron chi connectivity index (χ2n) is 5.47. The van der Waals surface area contributed by atoms with Crippen molar-refractivity contribution in [1.82, 2.24) is 4.90 Å². The van der Waals surface area contributed by atoms with Crippen molar-refractivity contribution in [3.63, 3.8) is 0 Å². The maximum absolute atomic E-state index is 5.96. The molecule has 0 atom stereocenters. The Bertz CT molecular complexity index is 334. The standard InChI is InChI=1S/C11H19BN2O2/c1-10(2)11(3,4)16-12(15-10)9-6-13-8-14(5)7-9/h6,8H,7H2,1-5H3. The average molecular weight is 222 g/mol. The van der Waals surface area contributed by atoms with Gasteiger partial charge in [0.1, 0.15) is 0 Å². The molecule has 2 heterocycles. The van der Waals surface area contributed by atoms with Crippen LogP contribution in [0.2, 0.25) is 0 Å². The Morgan fingerprint density at radius 1 is 1.25 bits per heavy atom. The van der Waals surface area contributed by atoms with E-state index in [2.05, 4.69) is 32.7 Å². The van der Waals surface area contributed by atoms with E-state index in [0.29, 0.717) is 0 Å². The second kappa shape index (κ2) is 3.60. The molecule has 88 valence electrons. The summed E-state index contributed by atoms with van der Waals surface area (Å²) in [5, 5.41) is 0. The Hall–Kier alpha value is -0.805. The van der Waals surface area contributed by atoms with Gasteiger partial charge in [-0.15, -0.1) is 0 Å². The van der Waals surface area contributed by atoms with Crippen LogP contribution in [-0.4, -0.2) is 43.2 Å². The van der Waals surface area contributed by atoms with Crippen LogP contribution in [-0.2, 0) is 9.31 Å². The minimum absolute atomic E-state index is 0.273. The highest BCUT2D eigenvalue weighted by Gasteiger charge is 2.52. The molecule has 0 saturated carbocycles. The summed E-state index contributed by atoms with van der Waals surface area (Å²) in [6.07, 6.45) is 3.64. The Labute approximate surface area is 97.5 Å². The zero-order chi connectivity index (χ0) is 12.0. The number of nitrogens with zero attached hydrogens (tertiary/aromatic N) is 2. The number of hydrogen-bond acceptors (Lipinski definition) is 4. The molecule has 0 aromatic rings. The molecule has 5 heteroatoms. The van der Waals surface area contributed by atoms with E-state index >= 15 is 0 Å². The summed E-state index contributed by atoms with van der Waals surface area (Å²) in [6, 6.07) is 0. The second-order valence-corrected chi connectivity index (χ2v) is 5.47. The topological polar surface area (TPSA) is 34.1 Å². The molecule has 0 unspecified atom stereocenters. The van der Waals surface area contributed by atoms with Crippen molar-refractivity contribution in [3.8, 4) is 0 Å². The predicted octanol–water partition coefficient (Wildman–Crippen LogP) is 1.48. The van der Waals surface area contributed by atoms with Crippen LogP contribution in [0.5, 0.6) is 0 Å². The van der Waals surface area contributed by atoms with Crippen LogP contribution in [0.15, 0.2) is 16.7 Å². The van der Waals surface area contributed by atoms with Crippen molar-refractivity contribution in [2.75, 3.05) is 13.6 Å². The van der Waals surface area contributed by atoms with Crippen molar-refractivity contribution in [3.05, 3.63) is 11.7 Å². The van der Waals surface area contributed by atoms with E-state index in [9.17, 15) is 0 Å². The van der Waals surface area contributed by atoms with Crippen LogP contribution >= 0.6 is 0 Å². The van der Waals surface area contributed by atoms with Gasteiger partial charge in [0.2, 0.25) is 0 Å². The Morgan fingerprint density at radius 3 is 2.31 bits per heavy atom. The van der Waals surface area contributed by atoms with Crippen LogP contribution in [0.4, 0.5) is 0 Å². The molecule has 4 nitrogen and oxygen atoms in total. The highest BCUT2D eigenvalue weighted by molar-refractivity contribution is 6.54. The molecule has 1 saturated heterocycles. The SMILES string of the molecule is CN1C=NC=C(B2OC(C)(C)C(C)(C)O2)C1. The molecule has 2 aliphatic heterocycles. The molecule has 16 heavy (non-hydrogen) atoms. The molecule has 2 aliphatic rings. The fourth-order valence-corrected chi connectivity index (χ4v) is 1.74. The van der Waals surface area contributed by atoms with E-state index in [4.69, 9.17) is 9.31 Å². The van der Waals surface area contributed by atoms with Crippen LogP contribution in [0.25, 0.3) is 0 Å². The first-order valence-electron chi connectivity index (χ1n) is 5.60. The van der Waals surface area contributed by atoms with Crippen LogP contribution in [0.1, 0.15) is 27.7 Å². The summed E-state index contributed by atoms with van der Waals surface area (Å²) in [5.74, 6) is 0. The summed E-state index contributed by atoms with van der Waals surface area (Å²) >= 11 is 0. The van der Waals surface area contributed by atoms with Gasteiger partial charge in [-0.3, -0.25) is 0 Å². The molecule has 0 aliphatic carbocycles. The lowest BCUT2D eigenvalue weighted by Gasteiger charge is -2.32. The number of likely N-dealkylation sites (N-methyl/N-ethyl adjacent to an activating group) is 1. The molecule has 0 bridgehead atoms. The van der Waals surface area contributed by atoms with Crippen molar-refractivity contribution >= 4 is 13.5 Å². The highest BCUT2D eigenvalue weighted by Crippen LogP contribution is 2.38. The van der Waals surface area contributed by atoms with E-state index in [1.165, 1.54) is 0 Å². The van der Waals surface area contributed by atoms with E-state index in [1.54, 1.807) is 6.34 Å². The largest absolute Gasteiger partial charge is 0.493 e. The molecule has 0 spiro atoms. The van der Waals surface area contributed by atoms with E-state index < -0.39 is 0 Å². The third-order valence-corrected chi connectivity index (χ3v) is 3.49. The smallest absolute Gasteiger partial charge is 0.399 e. The molecule has 0 N–H and O–H groups in total. The fourth-order valence-electron chi connectivity index (χ4n) is 1.74. The van der Waals surface area contributed by atoms with Gasteiger partial charge in [0.05, 0.1) is 17.5 Å². The monoisotopic (exact) mass is 222 g/mol. The maximum atomic E-state index is 5.96. The van der Waals surface area contributed by atoms with Crippen molar-refractivity contribution < 1.29 is 9.31 Å². The zero-order valence-electron chi connectivity index (χ0n) is 10.7. The van der Waals surface area contributed by atoms with Crippen molar-refractivity contribution in [2.24, 2.45) is 4.99 Å². The zero-order valence-corrected chi connectivity index (χ0v) is 10.7. The molecule has 0 aromatic heterocycles. The normalized spacial score (nSPS) is 27.2. The summed E-state index contributed by atoms with van der Waals surface area (Å²) < 4.78 is 11.9. The van der Waals surface area contributed by atoms with Gasteiger partial charge in [-0.25, -0.2) is 4.99 Å². The molecule has 0 radical (unpaired) electrons. The maximum Gasteiger partial charge on any atom is 0.493 e. The average Bonchev–Trinajstić information content (AvgIpc) is 2.36. The van der Waals surface area contributed by atoms with Gasteiger partial charge in [-0.05, 0) is 33.2 Å². The fraction of sp³-hybridized carbons (Fsp3) is 0.727. The van der Waals surface area contributed by atoms with Crippen molar-refractivity contribution in [1.29, 1.82) is 0 Å². The lowest BCUT2D eigenvalue weighted by Crippen LogP contribution is -2.41.